The van der Waals surface area contributed by atoms with Crippen molar-refractivity contribution in [2.75, 3.05) is 24.7 Å². The first kappa shape index (κ1) is 27.9. The number of nitrogens with zero attached hydrogens (tertiary/aromatic N) is 7. The van der Waals surface area contributed by atoms with Crippen LogP contribution >= 0.6 is 6.72 Å². The van der Waals surface area contributed by atoms with Gasteiger partial charge in [-0.25, -0.2) is 14.4 Å². The molecule has 0 aliphatic carbocycles. The second-order valence-corrected chi connectivity index (χ2v) is 12.1. The molecule has 2 aliphatic heterocycles. The number of fused-ring (bicyclic) bond motifs is 2. The summed E-state index contributed by atoms with van der Waals surface area (Å²) in [6.45, 7) is -5.01. The fourth-order valence-electron chi connectivity index (χ4n) is 4.80. The van der Waals surface area contributed by atoms with Gasteiger partial charge in [0, 0.05) is 12.6 Å². The van der Waals surface area contributed by atoms with Crippen molar-refractivity contribution in [3.63, 3.8) is 0 Å². The monoisotopic (exact) mass is 614 g/mol. The van der Waals surface area contributed by atoms with Gasteiger partial charge in [0.25, 0.3) is 5.56 Å². The van der Waals surface area contributed by atoms with Crippen LogP contribution in [0.15, 0.2) is 23.4 Å². The SMILES string of the molecule is Nc1nc2c(nnn2[C@@H]2OC(CO)C[C@H]2OP(O)(=S)OC[C@H]2O[C@@H](n3ccc4c(N)ncnc43)[C@@H](F)[C@@H]2O)c(=O)[nH]1. The average Bonchev–Trinajstić information content (AvgIpc) is 3.69. The second kappa shape index (κ2) is 10.6. The van der Waals surface area contributed by atoms with E-state index in [4.69, 9.17) is 41.8 Å². The highest BCUT2D eigenvalue weighted by atomic mass is 32.5. The number of hydrogen-bond acceptors (Lipinski definition) is 15. The Hall–Kier alpha value is -3.20. The van der Waals surface area contributed by atoms with E-state index in [0.717, 1.165) is 4.68 Å². The standard InChI is InChI=1S/C20H24FN10O8PS/c21-11-13(33)10(38-19(11)30-2-1-8-14(22)24-6-25-15(8)30)5-36-40(35,41)39-9-3-7(4-32)37-18(9)31-16-12(28-29-31)17(34)27-20(23)26-16/h1-2,6-7,9-11,13,18-19,32-33H,3-5H2,(H,35,41)(H2,22,24,25)(H3,23,26,27,34)/t7?,9-,10-,11+,13-,18-,19-,40?/m1/s1. The van der Waals surface area contributed by atoms with Gasteiger partial charge in [-0.2, -0.15) is 9.67 Å². The van der Waals surface area contributed by atoms with E-state index in [1.54, 1.807) is 6.07 Å². The van der Waals surface area contributed by atoms with Crippen LogP contribution in [0.4, 0.5) is 16.2 Å². The Balaban J connectivity index is 1.16. The molecule has 6 heterocycles. The van der Waals surface area contributed by atoms with E-state index < -0.39 is 68.5 Å². The van der Waals surface area contributed by atoms with Crippen LogP contribution in [-0.2, 0) is 30.3 Å². The lowest BCUT2D eigenvalue weighted by Gasteiger charge is -2.25. The van der Waals surface area contributed by atoms with E-state index in [0.29, 0.717) is 11.0 Å². The number of rotatable bonds is 8. The van der Waals surface area contributed by atoms with Crippen molar-refractivity contribution in [1.82, 2.24) is 39.5 Å². The minimum Gasteiger partial charge on any atom is -0.394 e. The highest BCUT2D eigenvalue weighted by molar-refractivity contribution is 8.07. The number of aromatic nitrogens is 8. The van der Waals surface area contributed by atoms with Gasteiger partial charge in [-0.1, -0.05) is 5.21 Å². The molecular weight excluding hydrogens is 590 g/mol. The largest absolute Gasteiger partial charge is 0.394 e. The van der Waals surface area contributed by atoms with Crippen molar-refractivity contribution >= 4 is 52.5 Å². The smallest absolute Gasteiger partial charge is 0.325 e. The number of ether oxygens (including phenoxy) is 2. The zero-order chi connectivity index (χ0) is 29.1. The molecule has 0 bridgehead atoms. The number of hydrogen-bond donors (Lipinski definition) is 6. The zero-order valence-corrected chi connectivity index (χ0v) is 22.5. The van der Waals surface area contributed by atoms with Crippen LogP contribution in [-0.4, -0.2) is 98.4 Å². The van der Waals surface area contributed by atoms with E-state index in [1.165, 1.54) is 17.1 Å². The van der Waals surface area contributed by atoms with E-state index in [9.17, 15) is 19.9 Å². The summed E-state index contributed by atoms with van der Waals surface area (Å²) >= 11 is 5.17. The topological polar surface area (TPSA) is 257 Å². The van der Waals surface area contributed by atoms with E-state index in [1.807, 2.05) is 0 Å². The number of nitrogen functional groups attached to an aromatic ring is 2. The highest BCUT2D eigenvalue weighted by Crippen LogP contribution is 2.50. The number of anilines is 2. The summed E-state index contributed by atoms with van der Waals surface area (Å²) in [6, 6.07) is 1.59. The predicted molar refractivity (Wildman–Crippen MR) is 140 cm³/mol. The van der Waals surface area contributed by atoms with Crippen molar-refractivity contribution in [3.8, 4) is 0 Å². The molecule has 220 valence electrons. The van der Waals surface area contributed by atoms with E-state index in [2.05, 4.69) is 30.2 Å². The van der Waals surface area contributed by atoms with Crippen LogP contribution in [0.5, 0.6) is 0 Å². The summed E-state index contributed by atoms with van der Waals surface area (Å²) in [5.74, 6) is 0.00234. The van der Waals surface area contributed by atoms with Crippen molar-refractivity contribution in [1.29, 1.82) is 0 Å². The van der Waals surface area contributed by atoms with Crippen LogP contribution in [0.25, 0.3) is 22.2 Å². The number of nitrogens with two attached hydrogens (primary N) is 2. The number of alkyl halides is 1. The van der Waals surface area contributed by atoms with Crippen LogP contribution < -0.4 is 17.0 Å². The Bertz CT molecular complexity index is 1700. The number of halogens is 1. The first-order valence-corrected chi connectivity index (χ1v) is 14.7. The molecule has 2 saturated heterocycles. The lowest BCUT2D eigenvalue weighted by atomic mass is 10.1. The number of H-pyrrole nitrogens is 1. The Labute approximate surface area is 233 Å². The maximum atomic E-state index is 15.1. The van der Waals surface area contributed by atoms with Crippen LogP contribution in [0.1, 0.15) is 18.9 Å². The summed E-state index contributed by atoms with van der Waals surface area (Å²) in [5.41, 5.74) is 11.0. The molecule has 8 atom stereocenters. The molecule has 4 aromatic rings. The Morgan fingerprint density at radius 1 is 1.27 bits per heavy atom. The lowest BCUT2D eigenvalue weighted by molar-refractivity contribution is -0.0594. The summed E-state index contributed by atoms with van der Waals surface area (Å²) in [5, 5.41) is 28.3. The molecule has 18 nitrogen and oxygen atoms in total. The maximum Gasteiger partial charge on any atom is 0.325 e. The number of aromatic amines is 1. The average molecular weight is 615 g/mol. The fourth-order valence-corrected chi connectivity index (χ4v) is 6.25. The van der Waals surface area contributed by atoms with Gasteiger partial charge < -0.3 is 49.7 Å². The summed E-state index contributed by atoms with van der Waals surface area (Å²) < 4.78 is 40.2. The van der Waals surface area contributed by atoms with Gasteiger partial charge in [0.05, 0.1) is 24.7 Å². The van der Waals surface area contributed by atoms with Gasteiger partial charge in [-0.15, -0.1) is 5.10 Å². The third kappa shape index (κ3) is 5.07. The highest BCUT2D eigenvalue weighted by Gasteiger charge is 2.47. The minimum atomic E-state index is -4.08. The summed E-state index contributed by atoms with van der Waals surface area (Å²) in [6.07, 6.45) is -6.17. The number of aliphatic hydroxyl groups excluding tert-OH is 2. The van der Waals surface area contributed by atoms with Gasteiger partial charge in [-0.3, -0.25) is 9.78 Å². The molecule has 6 rings (SSSR count). The van der Waals surface area contributed by atoms with Gasteiger partial charge in [0.2, 0.25) is 5.95 Å². The van der Waals surface area contributed by atoms with Crippen molar-refractivity contribution in [3.05, 3.63) is 28.9 Å². The van der Waals surface area contributed by atoms with Crippen molar-refractivity contribution in [2.24, 2.45) is 0 Å². The molecule has 0 aromatic carbocycles. The molecule has 2 unspecified atom stereocenters. The van der Waals surface area contributed by atoms with Crippen LogP contribution in [0.2, 0.25) is 0 Å². The van der Waals surface area contributed by atoms with Crippen LogP contribution in [0, 0.1) is 0 Å². The Morgan fingerprint density at radius 3 is 2.85 bits per heavy atom. The quantitative estimate of drug-likeness (QED) is 0.125. The van der Waals surface area contributed by atoms with Crippen molar-refractivity contribution < 1.29 is 38.0 Å². The summed E-state index contributed by atoms with van der Waals surface area (Å²) in [4.78, 5) is 37.3. The fraction of sp³-hybridized carbons (Fsp3) is 0.500. The third-order valence-electron chi connectivity index (χ3n) is 6.72. The molecule has 0 amide bonds. The van der Waals surface area contributed by atoms with E-state index in [-0.39, 0.29) is 29.4 Å². The minimum absolute atomic E-state index is 0.0253. The van der Waals surface area contributed by atoms with Gasteiger partial charge >= 0.3 is 6.72 Å². The predicted octanol–water partition coefficient (Wildman–Crippen LogP) is -1.38. The molecule has 0 radical (unpaired) electrons. The number of nitrogens with one attached hydrogen (secondary N) is 1. The maximum absolute atomic E-state index is 15.1. The molecule has 8 N–H and O–H groups in total. The molecule has 41 heavy (non-hydrogen) atoms. The van der Waals surface area contributed by atoms with Crippen LogP contribution in [0.3, 0.4) is 0 Å². The molecule has 2 fully saturated rings. The Morgan fingerprint density at radius 2 is 2.07 bits per heavy atom. The molecule has 2 aliphatic rings. The molecule has 0 spiro atoms. The second-order valence-electron chi connectivity index (χ2n) is 9.35. The summed E-state index contributed by atoms with van der Waals surface area (Å²) in [7, 11) is 0. The first-order valence-electron chi connectivity index (χ1n) is 12.1. The van der Waals surface area contributed by atoms with Gasteiger partial charge in [0.15, 0.2) is 29.8 Å². The first-order chi connectivity index (χ1) is 19.6. The normalized spacial score (nSPS) is 29.9. The molecule has 0 saturated carbocycles. The van der Waals surface area contributed by atoms with Crippen molar-refractivity contribution in [2.45, 2.75) is 49.5 Å². The molecular formula is C20H24FN10O8PS. The van der Waals surface area contributed by atoms with Gasteiger partial charge in [0.1, 0.15) is 36.1 Å². The van der Waals surface area contributed by atoms with Gasteiger partial charge in [-0.05, 0) is 17.9 Å². The zero-order valence-electron chi connectivity index (χ0n) is 20.8. The molecule has 4 aromatic heterocycles. The Kier molecular flexibility index (Phi) is 7.20. The lowest BCUT2D eigenvalue weighted by Crippen LogP contribution is -2.31. The number of aliphatic hydroxyl groups is 2. The molecule has 21 heteroatoms. The van der Waals surface area contributed by atoms with E-state index >= 15 is 4.39 Å². The third-order valence-corrected chi connectivity index (χ3v) is 8.31.